The van der Waals surface area contributed by atoms with E-state index in [4.69, 9.17) is 0 Å². The van der Waals surface area contributed by atoms with E-state index < -0.39 is 5.41 Å². The van der Waals surface area contributed by atoms with Crippen molar-refractivity contribution in [2.24, 2.45) is 11.3 Å². The molecule has 2 aliphatic rings. The van der Waals surface area contributed by atoms with Gasteiger partial charge in [0.2, 0.25) is 11.6 Å². The van der Waals surface area contributed by atoms with Crippen LogP contribution in [0.2, 0.25) is 0 Å². The highest BCUT2D eigenvalue weighted by Crippen LogP contribution is 2.43. The van der Waals surface area contributed by atoms with Crippen LogP contribution in [0.5, 0.6) is 0 Å². The molecule has 0 heterocycles. The van der Waals surface area contributed by atoms with Crippen LogP contribution in [-0.4, -0.2) is 11.6 Å². The summed E-state index contributed by atoms with van der Waals surface area (Å²) in [5.74, 6) is -0.470. The quantitative estimate of drug-likeness (QED) is 0.363. The minimum absolute atomic E-state index is 0.0856. The lowest BCUT2D eigenvalue weighted by Gasteiger charge is -2.11. The van der Waals surface area contributed by atoms with E-state index in [0.717, 1.165) is 0 Å². The second-order valence-corrected chi connectivity index (χ2v) is 3.28. The first kappa shape index (κ1) is 5.83. The summed E-state index contributed by atoms with van der Waals surface area (Å²) < 4.78 is 0. The van der Waals surface area contributed by atoms with Gasteiger partial charge < -0.3 is 0 Å². The SMILES string of the molecule is CC12C=CC(C1)C(=O)C2=O. The molecule has 2 bridgehead atoms. The molecule has 0 N–H and O–H groups in total. The van der Waals surface area contributed by atoms with Gasteiger partial charge in [0.05, 0.1) is 5.41 Å². The Morgan fingerprint density at radius 3 is 2.60 bits per heavy atom. The molecule has 0 radical (unpaired) electrons. The van der Waals surface area contributed by atoms with Crippen molar-refractivity contribution in [2.75, 3.05) is 0 Å². The molecule has 52 valence electrons. The summed E-state index contributed by atoms with van der Waals surface area (Å²) in [6.45, 7) is 1.83. The van der Waals surface area contributed by atoms with Crippen molar-refractivity contribution in [2.45, 2.75) is 13.3 Å². The molecule has 2 unspecified atom stereocenters. The Bertz CT molecular complexity index is 252. The Morgan fingerprint density at radius 2 is 2.30 bits per heavy atom. The average Bonchev–Trinajstić information content (AvgIpc) is 2.35. The van der Waals surface area contributed by atoms with Crippen LogP contribution >= 0.6 is 0 Å². The van der Waals surface area contributed by atoms with Crippen LogP contribution in [0.1, 0.15) is 13.3 Å². The zero-order valence-corrected chi connectivity index (χ0v) is 5.76. The van der Waals surface area contributed by atoms with Crippen molar-refractivity contribution in [1.82, 2.24) is 0 Å². The van der Waals surface area contributed by atoms with Crippen LogP contribution in [0.4, 0.5) is 0 Å². The molecule has 2 atom stereocenters. The molecule has 0 saturated heterocycles. The minimum Gasteiger partial charge on any atom is -0.290 e. The van der Waals surface area contributed by atoms with E-state index in [1.807, 2.05) is 19.1 Å². The van der Waals surface area contributed by atoms with Crippen molar-refractivity contribution < 1.29 is 9.59 Å². The highest BCUT2D eigenvalue weighted by Gasteiger charge is 2.50. The first-order valence-corrected chi connectivity index (χ1v) is 3.41. The summed E-state index contributed by atoms with van der Waals surface area (Å²) >= 11 is 0. The number of carbonyl (C=O) groups is 2. The molecular weight excluding hydrogens is 128 g/mol. The van der Waals surface area contributed by atoms with Crippen LogP contribution in [0, 0.1) is 11.3 Å². The molecule has 0 aromatic rings. The van der Waals surface area contributed by atoms with E-state index in [1.54, 1.807) is 0 Å². The fraction of sp³-hybridized carbons (Fsp3) is 0.500. The summed E-state index contributed by atoms with van der Waals surface area (Å²) in [4.78, 5) is 22.1. The van der Waals surface area contributed by atoms with Gasteiger partial charge in [0.15, 0.2) is 0 Å². The number of fused-ring (bicyclic) bond motifs is 2. The topological polar surface area (TPSA) is 34.1 Å². The third-order valence-electron chi connectivity index (χ3n) is 2.42. The Morgan fingerprint density at radius 1 is 1.60 bits per heavy atom. The van der Waals surface area contributed by atoms with E-state index in [-0.39, 0.29) is 17.5 Å². The van der Waals surface area contributed by atoms with Crippen molar-refractivity contribution in [1.29, 1.82) is 0 Å². The number of ketones is 2. The Kier molecular flexibility index (Phi) is 0.810. The minimum atomic E-state index is -0.429. The molecule has 0 aromatic heterocycles. The molecule has 2 rings (SSSR count). The molecule has 0 spiro atoms. The van der Waals surface area contributed by atoms with Gasteiger partial charge in [-0.25, -0.2) is 0 Å². The van der Waals surface area contributed by atoms with E-state index in [9.17, 15) is 9.59 Å². The third kappa shape index (κ3) is 0.451. The highest BCUT2D eigenvalue weighted by atomic mass is 16.2. The number of carbonyl (C=O) groups excluding carboxylic acids is 2. The standard InChI is InChI=1S/C8H8O2/c1-8-3-2-5(4-8)6(9)7(8)10/h2-3,5H,4H2,1H3. The van der Waals surface area contributed by atoms with Crippen LogP contribution in [-0.2, 0) is 9.59 Å². The lowest BCUT2D eigenvalue weighted by atomic mass is 9.89. The molecule has 2 heteroatoms. The largest absolute Gasteiger partial charge is 0.290 e. The zero-order valence-electron chi connectivity index (χ0n) is 5.76. The molecule has 10 heavy (non-hydrogen) atoms. The normalized spacial score (nSPS) is 43.5. The molecule has 0 amide bonds. The second kappa shape index (κ2) is 1.39. The number of Topliss-reactive ketones (excluding diaryl/α,β-unsaturated/α-hetero) is 2. The maximum absolute atomic E-state index is 11.1. The van der Waals surface area contributed by atoms with Crippen LogP contribution in [0.3, 0.4) is 0 Å². The van der Waals surface area contributed by atoms with Gasteiger partial charge >= 0.3 is 0 Å². The summed E-state index contributed by atoms with van der Waals surface area (Å²) in [5, 5.41) is 0. The van der Waals surface area contributed by atoms with Gasteiger partial charge in [-0.1, -0.05) is 12.2 Å². The fourth-order valence-corrected chi connectivity index (χ4v) is 1.72. The first-order valence-electron chi connectivity index (χ1n) is 3.41. The van der Waals surface area contributed by atoms with Crippen molar-refractivity contribution in [3.05, 3.63) is 12.2 Å². The molecule has 0 aromatic carbocycles. The molecule has 0 aliphatic heterocycles. The van der Waals surface area contributed by atoms with Gasteiger partial charge in [-0.15, -0.1) is 0 Å². The molecule has 2 aliphatic carbocycles. The Labute approximate surface area is 58.9 Å². The van der Waals surface area contributed by atoms with Crippen LogP contribution in [0.25, 0.3) is 0 Å². The third-order valence-corrected chi connectivity index (χ3v) is 2.42. The van der Waals surface area contributed by atoms with Gasteiger partial charge in [-0.05, 0) is 13.3 Å². The maximum Gasteiger partial charge on any atom is 0.208 e. The van der Waals surface area contributed by atoms with Crippen molar-refractivity contribution >= 4 is 11.6 Å². The van der Waals surface area contributed by atoms with Gasteiger partial charge in [0.25, 0.3) is 0 Å². The summed E-state index contributed by atoms with van der Waals surface area (Å²) in [6, 6.07) is 0. The summed E-state index contributed by atoms with van der Waals surface area (Å²) in [5.41, 5.74) is -0.429. The van der Waals surface area contributed by atoms with Crippen molar-refractivity contribution in [3.8, 4) is 0 Å². The van der Waals surface area contributed by atoms with Crippen LogP contribution < -0.4 is 0 Å². The molecular formula is C8H8O2. The predicted molar refractivity (Wildman–Crippen MR) is 35.4 cm³/mol. The fourth-order valence-electron chi connectivity index (χ4n) is 1.72. The maximum atomic E-state index is 11.1. The van der Waals surface area contributed by atoms with Crippen LogP contribution in [0.15, 0.2) is 12.2 Å². The first-order chi connectivity index (χ1) is 4.63. The van der Waals surface area contributed by atoms with Gasteiger partial charge in [0, 0.05) is 5.92 Å². The van der Waals surface area contributed by atoms with Gasteiger partial charge in [-0.3, -0.25) is 9.59 Å². The monoisotopic (exact) mass is 136 g/mol. The van der Waals surface area contributed by atoms with Crippen molar-refractivity contribution in [3.63, 3.8) is 0 Å². The number of hydrogen-bond donors (Lipinski definition) is 0. The van der Waals surface area contributed by atoms with E-state index in [0.29, 0.717) is 6.42 Å². The van der Waals surface area contributed by atoms with E-state index in [2.05, 4.69) is 0 Å². The number of hydrogen-bond acceptors (Lipinski definition) is 2. The van der Waals surface area contributed by atoms with Gasteiger partial charge in [-0.2, -0.15) is 0 Å². The van der Waals surface area contributed by atoms with E-state index >= 15 is 0 Å². The van der Waals surface area contributed by atoms with Gasteiger partial charge in [0.1, 0.15) is 0 Å². The lowest BCUT2D eigenvalue weighted by molar-refractivity contribution is -0.138. The number of rotatable bonds is 0. The smallest absolute Gasteiger partial charge is 0.208 e. The molecule has 2 nitrogen and oxygen atoms in total. The summed E-state index contributed by atoms with van der Waals surface area (Å²) in [6.07, 6.45) is 4.43. The predicted octanol–water partition coefficient (Wildman–Crippen LogP) is 0.721. The Hall–Kier alpha value is -0.920. The Balaban J connectivity index is 2.54. The zero-order chi connectivity index (χ0) is 7.35. The van der Waals surface area contributed by atoms with E-state index in [1.165, 1.54) is 0 Å². The highest BCUT2D eigenvalue weighted by molar-refractivity contribution is 6.43. The molecule has 1 fully saturated rings. The average molecular weight is 136 g/mol. The lowest BCUT2D eigenvalue weighted by Crippen LogP contribution is -2.25. The number of allylic oxidation sites excluding steroid dienone is 2. The second-order valence-electron chi connectivity index (χ2n) is 3.28. The molecule has 1 saturated carbocycles. The summed E-state index contributed by atoms with van der Waals surface area (Å²) in [7, 11) is 0.